The Kier molecular flexibility index (Phi) is 3.51. The van der Waals surface area contributed by atoms with Crippen molar-refractivity contribution in [3.05, 3.63) is 70.6 Å². The van der Waals surface area contributed by atoms with E-state index in [0.717, 1.165) is 21.7 Å². The van der Waals surface area contributed by atoms with Crippen LogP contribution < -0.4 is 0 Å². The van der Waals surface area contributed by atoms with Crippen LogP contribution in [0, 0.1) is 11.6 Å². The summed E-state index contributed by atoms with van der Waals surface area (Å²) in [6.07, 6.45) is -0.680. The van der Waals surface area contributed by atoms with Crippen LogP contribution in [-0.2, 0) is 6.42 Å². The summed E-state index contributed by atoms with van der Waals surface area (Å²) in [4.78, 5) is 0. The van der Waals surface area contributed by atoms with Gasteiger partial charge < -0.3 is 5.11 Å². The Hall–Kier alpha value is -1.78. The summed E-state index contributed by atoms with van der Waals surface area (Å²) in [7, 11) is 0. The third-order valence-electron chi connectivity index (χ3n) is 3.30. The molecule has 0 saturated carbocycles. The molecule has 0 spiro atoms. The van der Waals surface area contributed by atoms with Crippen molar-refractivity contribution < 1.29 is 13.9 Å². The van der Waals surface area contributed by atoms with Gasteiger partial charge in [0.15, 0.2) is 0 Å². The molecule has 0 aliphatic carbocycles. The zero-order chi connectivity index (χ0) is 14.1. The highest BCUT2D eigenvalue weighted by Crippen LogP contribution is 2.31. The number of aliphatic hydroxyl groups is 1. The highest BCUT2D eigenvalue weighted by atomic mass is 32.1. The van der Waals surface area contributed by atoms with Crippen molar-refractivity contribution in [3.8, 4) is 0 Å². The summed E-state index contributed by atoms with van der Waals surface area (Å²) in [5.41, 5.74) is 1.09. The molecule has 1 nitrogen and oxygen atoms in total. The minimum atomic E-state index is -0.808. The summed E-state index contributed by atoms with van der Waals surface area (Å²) in [6, 6.07) is 11.1. The van der Waals surface area contributed by atoms with E-state index in [1.54, 1.807) is 11.3 Å². The first-order chi connectivity index (χ1) is 9.65. The van der Waals surface area contributed by atoms with E-state index in [2.05, 4.69) is 0 Å². The van der Waals surface area contributed by atoms with Gasteiger partial charge >= 0.3 is 0 Å². The van der Waals surface area contributed by atoms with E-state index in [1.165, 1.54) is 12.1 Å². The summed E-state index contributed by atoms with van der Waals surface area (Å²) < 4.78 is 27.5. The predicted molar refractivity (Wildman–Crippen MR) is 76.8 cm³/mol. The van der Waals surface area contributed by atoms with Gasteiger partial charge in [-0.05, 0) is 34.0 Å². The molecule has 0 amide bonds. The monoisotopic (exact) mass is 290 g/mol. The zero-order valence-electron chi connectivity index (χ0n) is 10.5. The van der Waals surface area contributed by atoms with Gasteiger partial charge in [0.25, 0.3) is 0 Å². The summed E-state index contributed by atoms with van der Waals surface area (Å²) in [6.45, 7) is 0. The number of fused-ring (bicyclic) bond motifs is 1. The normalized spacial score (nSPS) is 12.8. The molecule has 1 unspecified atom stereocenters. The van der Waals surface area contributed by atoms with Gasteiger partial charge in [-0.2, -0.15) is 0 Å². The second kappa shape index (κ2) is 5.31. The third kappa shape index (κ3) is 2.44. The molecular formula is C16H12F2OS. The van der Waals surface area contributed by atoms with E-state index in [9.17, 15) is 13.9 Å². The van der Waals surface area contributed by atoms with Crippen molar-refractivity contribution in [3.63, 3.8) is 0 Å². The fourth-order valence-corrected chi connectivity index (χ4v) is 3.25. The molecule has 1 N–H and O–H groups in total. The molecular weight excluding hydrogens is 278 g/mol. The number of hydrogen-bond donors (Lipinski definition) is 1. The SMILES string of the molecule is OC(Cc1ccc(F)cc1F)c1cccc2ccsc12. The molecule has 0 radical (unpaired) electrons. The maximum absolute atomic E-state index is 13.6. The number of benzene rings is 2. The van der Waals surface area contributed by atoms with Crippen LogP contribution in [0.4, 0.5) is 8.78 Å². The first-order valence-corrected chi connectivity index (χ1v) is 7.11. The van der Waals surface area contributed by atoms with Gasteiger partial charge in [-0.3, -0.25) is 0 Å². The molecule has 0 bridgehead atoms. The minimum Gasteiger partial charge on any atom is -0.388 e. The smallest absolute Gasteiger partial charge is 0.129 e. The van der Waals surface area contributed by atoms with Crippen molar-refractivity contribution in [2.75, 3.05) is 0 Å². The number of thiophene rings is 1. The van der Waals surface area contributed by atoms with Crippen molar-refractivity contribution in [1.29, 1.82) is 0 Å². The lowest BCUT2D eigenvalue weighted by atomic mass is 10.00. The van der Waals surface area contributed by atoms with Crippen LogP contribution in [0.3, 0.4) is 0 Å². The summed E-state index contributed by atoms with van der Waals surface area (Å²) in [5.74, 6) is -1.23. The molecule has 0 aliphatic rings. The van der Waals surface area contributed by atoms with Crippen LogP contribution in [-0.4, -0.2) is 5.11 Å². The Morgan fingerprint density at radius 1 is 1.10 bits per heavy atom. The van der Waals surface area contributed by atoms with Gasteiger partial charge in [0, 0.05) is 17.2 Å². The van der Waals surface area contributed by atoms with Gasteiger partial charge in [0.2, 0.25) is 0 Å². The molecule has 102 valence electrons. The fraction of sp³-hybridized carbons (Fsp3) is 0.125. The topological polar surface area (TPSA) is 20.2 Å². The van der Waals surface area contributed by atoms with Crippen molar-refractivity contribution in [2.45, 2.75) is 12.5 Å². The van der Waals surface area contributed by atoms with Crippen LogP contribution in [0.5, 0.6) is 0 Å². The van der Waals surface area contributed by atoms with E-state index in [1.807, 2.05) is 29.6 Å². The molecule has 0 aliphatic heterocycles. The average molecular weight is 290 g/mol. The van der Waals surface area contributed by atoms with Crippen LogP contribution in [0.15, 0.2) is 47.8 Å². The predicted octanol–water partition coefficient (Wildman–Crippen LogP) is 4.46. The summed E-state index contributed by atoms with van der Waals surface area (Å²) in [5, 5.41) is 13.3. The standard InChI is InChI=1S/C16H12F2OS/c17-12-5-4-11(14(18)9-12)8-15(19)13-3-1-2-10-6-7-20-16(10)13/h1-7,9,15,19H,8H2. The van der Waals surface area contributed by atoms with E-state index in [0.29, 0.717) is 5.56 Å². The van der Waals surface area contributed by atoms with Crippen LogP contribution >= 0.6 is 11.3 Å². The number of rotatable bonds is 3. The quantitative estimate of drug-likeness (QED) is 0.755. The Morgan fingerprint density at radius 2 is 1.95 bits per heavy atom. The minimum absolute atomic E-state index is 0.128. The van der Waals surface area contributed by atoms with Gasteiger partial charge in [0.1, 0.15) is 11.6 Å². The van der Waals surface area contributed by atoms with Gasteiger partial charge in [-0.15, -0.1) is 11.3 Å². The molecule has 2 aromatic carbocycles. The van der Waals surface area contributed by atoms with Crippen molar-refractivity contribution in [1.82, 2.24) is 0 Å². The lowest BCUT2D eigenvalue weighted by Crippen LogP contribution is -2.04. The molecule has 3 rings (SSSR count). The number of halogens is 2. The highest BCUT2D eigenvalue weighted by Gasteiger charge is 2.15. The molecule has 3 aromatic rings. The summed E-state index contributed by atoms with van der Waals surface area (Å²) >= 11 is 1.55. The Balaban J connectivity index is 1.93. The molecule has 1 aromatic heterocycles. The van der Waals surface area contributed by atoms with E-state index in [-0.39, 0.29) is 6.42 Å². The Bertz CT molecular complexity index is 751. The highest BCUT2D eigenvalue weighted by molar-refractivity contribution is 7.17. The molecule has 4 heteroatoms. The number of aliphatic hydroxyl groups excluding tert-OH is 1. The lowest BCUT2D eigenvalue weighted by Gasteiger charge is -2.13. The van der Waals surface area contributed by atoms with E-state index < -0.39 is 17.7 Å². The molecule has 20 heavy (non-hydrogen) atoms. The maximum Gasteiger partial charge on any atom is 0.129 e. The van der Waals surface area contributed by atoms with Crippen LogP contribution in [0.25, 0.3) is 10.1 Å². The van der Waals surface area contributed by atoms with Gasteiger partial charge in [-0.1, -0.05) is 24.3 Å². The number of hydrogen-bond acceptors (Lipinski definition) is 2. The maximum atomic E-state index is 13.6. The molecule has 1 heterocycles. The second-order valence-corrected chi connectivity index (χ2v) is 5.56. The van der Waals surface area contributed by atoms with Gasteiger partial charge in [-0.25, -0.2) is 8.78 Å². The van der Waals surface area contributed by atoms with E-state index in [4.69, 9.17) is 0 Å². The largest absolute Gasteiger partial charge is 0.388 e. The molecule has 0 saturated heterocycles. The first kappa shape index (κ1) is 13.2. The van der Waals surface area contributed by atoms with Crippen LogP contribution in [0.2, 0.25) is 0 Å². The van der Waals surface area contributed by atoms with Gasteiger partial charge in [0.05, 0.1) is 6.10 Å². The van der Waals surface area contributed by atoms with E-state index >= 15 is 0 Å². The molecule has 1 atom stereocenters. The average Bonchev–Trinajstić information content (AvgIpc) is 2.90. The Morgan fingerprint density at radius 3 is 2.75 bits per heavy atom. The first-order valence-electron chi connectivity index (χ1n) is 6.23. The fourth-order valence-electron chi connectivity index (χ4n) is 2.28. The van der Waals surface area contributed by atoms with Crippen molar-refractivity contribution >= 4 is 21.4 Å². The van der Waals surface area contributed by atoms with Crippen molar-refractivity contribution in [2.24, 2.45) is 0 Å². The molecule has 0 fully saturated rings. The second-order valence-electron chi connectivity index (χ2n) is 4.64. The van der Waals surface area contributed by atoms with Crippen LogP contribution in [0.1, 0.15) is 17.2 Å². The Labute approximate surface area is 119 Å². The lowest BCUT2D eigenvalue weighted by molar-refractivity contribution is 0.179. The third-order valence-corrected chi connectivity index (χ3v) is 4.28. The zero-order valence-corrected chi connectivity index (χ0v) is 11.3.